The summed E-state index contributed by atoms with van der Waals surface area (Å²) < 4.78 is 5.00. The van der Waals surface area contributed by atoms with Crippen molar-refractivity contribution in [2.75, 3.05) is 25.0 Å². The average molecular weight is 564 g/mol. The summed E-state index contributed by atoms with van der Waals surface area (Å²) >= 11 is 11.8. The number of esters is 1. The summed E-state index contributed by atoms with van der Waals surface area (Å²) in [6, 6.07) is 23.2. The summed E-state index contributed by atoms with van der Waals surface area (Å²) in [5.41, 5.74) is 3.08. The molecule has 3 aromatic carbocycles. The molecule has 1 heterocycles. The number of anilines is 1. The van der Waals surface area contributed by atoms with Crippen LogP contribution < -0.4 is 5.32 Å². The van der Waals surface area contributed by atoms with Crippen LogP contribution in [0.15, 0.2) is 78.9 Å². The fourth-order valence-electron chi connectivity index (χ4n) is 4.43. The maximum absolute atomic E-state index is 13.5. The number of benzene rings is 3. The van der Waals surface area contributed by atoms with Crippen molar-refractivity contribution >= 4 is 52.4 Å². The molecule has 202 valence electrons. The first kappa shape index (κ1) is 28.3. The summed E-state index contributed by atoms with van der Waals surface area (Å²) in [6.07, 6.45) is 1.25. The smallest absolute Gasteiger partial charge is 0.338 e. The van der Waals surface area contributed by atoms with Crippen molar-refractivity contribution in [3.8, 4) is 0 Å². The van der Waals surface area contributed by atoms with Crippen LogP contribution in [0.3, 0.4) is 0 Å². The lowest BCUT2D eigenvalue weighted by Crippen LogP contribution is -2.39. The van der Waals surface area contributed by atoms with Gasteiger partial charge in [0.15, 0.2) is 5.11 Å². The molecule has 1 aliphatic heterocycles. The van der Waals surface area contributed by atoms with Crippen LogP contribution in [-0.4, -0.2) is 58.4 Å². The van der Waals surface area contributed by atoms with Crippen LogP contribution in [-0.2, 0) is 27.2 Å². The summed E-state index contributed by atoms with van der Waals surface area (Å²) in [5.74, 6) is -0.923. The van der Waals surface area contributed by atoms with E-state index in [1.165, 1.54) is 0 Å². The van der Waals surface area contributed by atoms with Crippen molar-refractivity contribution in [1.29, 1.82) is 0 Å². The molecular weight excluding hydrogens is 534 g/mol. The van der Waals surface area contributed by atoms with Gasteiger partial charge in [0.25, 0.3) is 5.91 Å². The maximum atomic E-state index is 13.5. The molecule has 1 unspecified atom stereocenters. The molecule has 1 aliphatic rings. The van der Waals surface area contributed by atoms with Crippen molar-refractivity contribution in [1.82, 2.24) is 9.80 Å². The second-order valence-corrected chi connectivity index (χ2v) is 9.95. The zero-order valence-electron chi connectivity index (χ0n) is 21.6. The van der Waals surface area contributed by atoms with E-state index in [1.54, 1.807) is 36.1 Å². The Kier molecular flexibility index (Phi) is 9.68. The SMILES string of the molecule is CCOC(=O)c1ccc(NC(=O)CC2C(=O)N(CCc3ccccc3)C(=S)N2CCc2ccc(Cl)cc2)cc1. The number of hydrogen-bond acceptors (Lipinski definition) is 5. The number of thiocarbonyl (C=S) groups is 1. The Bertz CT molecular complexity index is 1320. The lowest BCUT2D eigenvalue weighted by molar-refractivity contribution is -0.130. The number of rotatable bonds is 11. The summed E-state index contributed by atoms with van der Waals surface area (Å²) in [4.78, 5) is 41.9. The van der Waals surface area contributed by atoms with Crippen molar-refractivity contribution < 1.29 is 19.1 Å². The molecule has 1 saturated heterocycles. The molecule has 1 fully saturated rings. The van der Waals surface area contributed by atoms with Crippen molar-refractivity contribution in [2.24, 2.45) is 0 Å². The first-order valence-electron chi connectivity index (χ1n) is 12.8. The largest absolute Gasteiger partial charge is 0.462 e. The van der Waals surface area contributed by atoms with Crippen LogP contribution in [0.2, 0.25) is 5.02 Å². The minimum Gasteiger partial charge on any atom is -0.462 e. The second kappa shape index (κ2) is 13.4. The number of nitrogens with one attached hydrogen (secondary N) is 1. The molecule has 9 heteroatoms. The predicted molar refractivity (Wildman–Crippen MR) is 156 cm³/mol. The van der Waals surface area contributed by atoms with Crippen LogP contribution in [0, 0.1) is 0 Å². The highest BCUT2D eigenvalue weighted by Gasteiger charge is 2.42. The van der Waals surface area contributed by atoms with Gasteiger partial charge in [-0.15, -0.1) is 0 Å². The number of nitrogens with zero attached hydrogens (tertiary/aromatic N) is 2. The predicted octanol–water partition coefficient (Wildman–Crippen LogP) is 5.13. The van der Waals surface area contributed by atoms with E-state index >= 15 is 0 Å². The molecular formula is C30H30ClN3O4S. The third-order valence-corrected chi connectivity index (χ3v) is 7.19. The minimum atomic E-state index is -0.709. The number of halogens is 1. The fourth-order valence-corrected chi connectivity index (χ4v) is 4.95. The van der Waals surface area contributed by atoms with Gasteiger partial charge in [0, 0.05) is 23.8 Å². The first-order chi connectivity index (χ1) is 18.9. The van der Waals surface area contributed by atoms with E-state index in [4.69, 9.17) is 28.6 Å². The summed E-state index contributed by atoms with van der Waals surface area (Å²) in [5, 5.41) is 3.92. The number of carbonyl (C=O) groups is 3. The van der Waals surface area contributed by atoms with E-state index in [9.17, 15) is 14.4 Å². The zero-order valence-corrected chi connectivity index (χ0v) is 23.2. The molecule has 4 rings (SSSR count). The van der Waals surface area contributed by atoms with Gasteiger partial charge < -0.3 is 15.0 Å². The van der Waals surface area contributed by atoms with Gasteiger partial charge in [-0.3, -0.25) is 14.5 Å². The van der Waals surface area contributed by atoms with Gasteiger partial charge in [-0.2, -0.15) is 0 Å². The van der Waals surface area contributed by atoms with Crippen molar-refractivity contribution in [3.63, 3.8) is 0 Å². The fraction of sp³-hybridized carbons (Fsp3) is 0.267. The second-order valence-electron chi connectivity index (χ2n) is 9.14. The van der Waals surface area contributed by atoms with E-state index < -0.39 is 12.0 Å². The monoisotopic (exact) mass is 563 g/mol. The molecule has 1 N–H and O–H groups in total. The quantitative estimate of drug-likeness (QED) is 0.257. The number of carbonyl (C=O) groups excluding carboxylic acids is 3. The van der Waals surface area contributed by atoms with Gasteiger partial charge in [0.1, 0.15) is 6.04 Å². The Labute approximate surface area is 238 Å². The van der Waals surface area contributed by atoms with Gasteiger partial charge in [0.2, 0.25) is 5.91 Å². The molecule has 3 aromatic rings. The Morgan fingerprint density at radius 1 is 0.923 bits per heavy atom. The lowest BCUT2D eigenvalue weighted by Gasteiger charge is -2.24. The highest BCUT2D eigenvalue weighted by Crippen LogP contribution is 2.23. The van der Waals surface area contributed by atoms with E-state index in [-0.39, 0.29) is 24.8 Å². The minimum absolute atomic E-state index is 0.0545. The van der Waals surface area contributed by atoms with E-state index in [1.807, 2.05) is 59.5 Å². The molecule has 7 nitrogen and oxygen atoms in total. The van der Waals surface area contributed by atoms with Crippen LogP contribution in [0.1, 0.15) is 34.8 Å². The van der Waals surface area contributed by atoms with Crippen molar-refractivity contribution in [2.45, 2.75) is 32.2 Å². The third kappa shape index (κ3) is 7.43. The molecule has 0 saturated carbocycles. The van der Waals surface area contributed by atoms with E-state index in [0.717, 1.165) is 11.1 Å². The Morgan fingerprint density at radius 2 is 1.56 bits per heavy atom. The Morgan fingerprint density at radius 3 is 2.23 bits per heavy atom. The van der Waals surface area contributed by atoms with Crippen LogP contribution in [0.5, 0.6) is 0 Å². The topological polar surface area (TPSA) is 78.9 Å². The molecule has 0 radical (unpaired) electrons. The van der Waals surface area contributed by atoms with Gasteiger partial charge in [-0.1, -0.05) is 54.1 Å². The molecule has 0 aromatic heterocycles. The molecule has 0 spiro atoms. The van der Waals surface area contributed by atoms with Gasteiger partial charge in [0.05, 0.1) is 18.6 Å². The summed E-state index contributed by atoms with van der Waals surface area (Å²) in [6.45, 7) is 2.95. The van der Waals surface area contributed by atoms with Gasteiger partial charge in [-0.25, -0.2) is 4.79 Å². The van der Waals surface area contributed by atoms with Crippen LogP contribution in [0.4, 0.5) is 5.69 Å². The van der Waals surface area contributed by atoms with Crippen LogP contribution >= 0.6 is 23.8 Å². The van der Waals surface area contributed by atoms with Gasteiger partial charge in [-0.05, 0) is 79.5 Å². The number of amides is 2. The van der Waals surface area contributed by atoms with Crippen LogP contribution in [0.25, 0.3) is 0 Å². The maximum Gasteiger partial charge on any atom is 0.338 e. The van der Waals surface area contributed by atoms with E-state index in [0.29, 0.717) is 47.3 Å². The van der Waals surface area contributed by atoms with Gasteiger partial charge >= 0.3 is 5.97 Å². The third-order valence-electron chi connectivity index (χ3n) is 6.48. The lowest BCUT2D eigenvalue weighted by atomic mass is 10.1. The molecule has 1 atom stereocenters. The molecule has 39 heavy (non-hydrogen) atoms. The number of hydrogen-bond donors (Lipinski definition) is 1. The average Bonchev–Trinajstić information content (AvgIpc) is 3.16. The summed E-state index contributed by atoms with van der Waals surface area (Å²) in [7, 11) is 0. The Hall–Kier alpha value is -3.75. The molecule has 0 bridgehead atoms. The van der Waals surface area contributed by atoms with Crippen molar-refractivity contribution in [3.05, 3.63) is 101 Å². The standard InChI is InChI=1S/C30H30ClN3O4S/c1-2-38-29(37)23-10-14-25(15-11-23)32-27(35)20-26-28(36)34(19-17-21-6-4-3-5-7-21)30(39)33(26)18-16-22-8-12-24(31)13-9-22/h3-15,26H,2,16-20H2,1H3,(H,32,35). The first-order valence-corrected chi connectivity index (χ1v) is 13.6. The highest BCUT2D eigenvalue weighted by molar-refractivity contribution is 7.80. The normalized spacial score (nSPS) is 15.0. The van der Waals surface area contributed by atoms with E-state index in [2.05, 4.69) is 5.32 Å². The zero-order chi connectivity index (χ0) is 27.8. The molecule has 0 aliphatic carbocycles. The molecule has 2 amide bonds. The number of ether oxygens (including phenoxy) is 1. The highest BCUT2D eigenvalue weighted by atomic mass is 35.5. The Balaban J connectivity index is 1.45.